The summed E-state index contributed by atoms with van der Waals surface area (Å²) in [6, 6.07) is 0.432. The van der Waals surface area contributed by atoms with Gasteiger partial charge in [-0.1, -0.05) is 0 Å². The molecule has 2 fully saturated rings. The largest absolute Gasteiger partial charge is 0.444 e. The minimum Gasteiger partial charge on any atom is -0.444 e. The molecule has 128 valence electrons. The van der Waals surface area contributed by atoms with Crippen molar-refractivity contribution in [3.05, 3.63) is 0 Å². The zero-order chi connectivity index (χ0) is 16.4. The number of alkyl carbamates (subject to hydrolysis) is 1. The second-order valence-corrected chi connectivity index (χ2v) is 9.70. The van der Waals surface area contributed by atoms with Crippen LogP contribution in [0.15, 0.2) is 0 Å². The molecule has 3 unspecified atom stereocenters. The second kappa shape index (κ2) is 6.74. The van der Waals surface area contributed by atoms with Gasteiger partial charge in [-0.2, -0.15) is 0 Å². The molecular formula is C15H28N2O4S. The van der Waals surface area contributed by atoms with Crippen LogP contribution in [0.4, 0.5) is 4.79 Å². The van der Waals surface area contributed by atoms with Crippen molar-refractivity contribution in [1.82, 2.24) is 10.6 Å². The molecule has 0 aromatic heterocycles. The molecule has 3 atom stereocenters. The van der Waals surface area contributed by atoms with Crippen LogP contribution in [0.1, 0.15) is 52.9 Å². The Hall–Kier alpha value is -0.820. The van der Waals surface area contributed by atoms with Crippen molar-refractivity contribution in [3.8, 4) is 0 Å². The first-order valence-electron chi connectivity index (χ1n) is 8.09. The maximum absolute atomic E-state index is 11.8. The minimum atomic E-state index is -2.85. The number of amides is 1. The van der Waals surface area contributed by atoms with Crippen LogP contribution < -0.4 is 10.6 Å². The zero-order valence-corrected chi connectivity index (χ0v) is 14.5. The van der Waals surface area contributed by atoms with Gasteiger partial charge in [-0.25, -0.2) is 13.2 Å². The lowest BCUT2D eigenvalue weighted by atomic mass is 9.90. The highest BCUT2D eigenvalue weighted by molar-refractivity contribution is 7.91. The lowest BCUT2D eigenvalue weighted by Crippen LogP contribution is -2.48. The van der Waals surface area contributed by atoms with E-state index in [-0.39, 0.29) is 35.7 Å². The average Bonchev–Trinajstić information content (AvgIpc) is 2.66. The maximum atomic E-state index is 11.8. The Balaban J connectivity index is 1.78. The molecule has 1 amide bonds. The lowest BCUT2D eigenvalue weighted by molar-refractivity contribution is 0.0488. The van der Waals surface area contributed by atoms with Gasteiger partial charge in [-0.15, -0.1) is 0 Å². The highest BCUT2D eigenvalue weighted by atomic mass is 32.2. The maximum Gasteiger partial charge on any atom is 0.407 e. The van der Waals surface area contributed by atoms with Gasteiger partial charge in [0.15, 0.2) is 9.84 Å². The molecule has 0 bridgehead atoms. The Bertz CT molecular complexity index is 498. The molecule has 1 heterocycles. The number of rotatable bonds is 3. The van der Waals surface area contributed by atoms with E-state index in [2.05, 4.69) is 10.6 Å². The van der Waals surface area contributed by atoms with E-state index in [4.69, 9.17) is 4.74 Å². The molecule has 1 aliphatic heterocycles. The Morgan fingerprint density at radius 2 is 1.77 bits per heavy atom. The molecule has 2 N–H and O–H groups in total. The predicted molar refractivity (Wildman–Crippen MR) is 85.6 cm³/mol. The molecule has 6 nitrogen and oxygen atoms in total. The molecule has 0 aromatic carbocycles. The Labute approximate surface area is 133 Å². The topological polar surface area (TPSA) is 84.5 Å². The molecule has 2 aliphatic rings. The first-order valence-corrected chi connectivity index (χ1v) is 9.91. The van der Waals surface area contributed by atoms with Crippen molar-refractivity contribution in [2.45, 2.75) is 76.6 Å². The van der Waals surface area contributed by atoms with E-state index in [0.29, 0.717) is 6.42 Å². The summed E-state index contributed by atoms with van der Waals surface area (Å²) in [5.74, 6) is 0.532. The zero-order valence-electron chi connectivity index (χ0n) is 13.7. The Kier molecular flexibility index (Phi) is 5.37. The molecule has 1 saturated heterocycles. The van der Waals surface area contributed by atoms with Crippen LogP contribution in [0.3, 0.4) is 0 Å². The highest BCUT2D eigenvalue weighted by Crippen LogP contribution is 2.22. The van der Waals surface area contributed by atoms with Gasteiger partial charge in [0.05, 0.1) is 11.5 Å². The number of hydrogen-bond donors (Lipinski definition) is 2. The van der Waals surface area contributed by atoms with Crippen molar-refractivity contribution >= 4 is 15.9 Å². The lowest BCUT2D eigenvalue weighted by Gasteiger charge is -2.32. The average molecular weight is 332 g/mol. The van der Waals surface area contributed by atoms with E-state index in [1.54, 1.807) is 0 Å². The first kappa shape index (κ1) is 17.5. The monoisotopic (exact) mass is 332 g/mol. The molecule has 0 radical (unpaired) electrons. The quantitative estimate of drug-likeness (QED) is 0.820. The number of sulfone groups is 1. The van der Waals surface area contributed by atoms with Gasteiger partial charge in [-0.05, 0) is 52.9 Å². The van der Waals surface area contributed by atoms with E-state index in [0.717, 1.165) is 25.7 Å². The second-order valence-electron chi connectivity index (χ2n) is 7.47. The predicted octanol–water partition coefficient (Wildman–Crippen LogP) is 1.60. The Morgan fingerprint density at radius 3 is 2.36 bits per heavy atom. The third-order valence-corrected chi connectivity index (χ3v) is 5.87. The van der Waals surface area contributed by atoms with Gasteiger partial charge in [0.1, 0.15) is 5.60 Å². The molecular weight excluding hydrogens is 304 g/mol. The first-order chi connectivity index (χ1) is 10.1. The van der Waals surface area contributed by atoms with Crippen LogP contribution >= 0.6 is 0 Å². The molecule has 1 saturated carbocycles. The van der Waals surface area contributed by atoms with Crippen LogP contribution in [0, 0.1) is 0 Å². The standard InChI is InChI=1S/C15H28N2O4S/c1-15(2,3)21-14(18)17-12-6-4-5-11(9-12)16-13-7-8-22(19,20)10-13/h11-13,16H,4-10H2,1-3H3,(H,17,18). The summed E-state index contributed by atoms with van der Waals surface area (Å²) in [6.07, 6.45) is 4.15. The van der Waals surface area contributed by atoms with E-state index in [1.807, 2.05) is 20.8 Å². The highest BCUT2D eigenvalue weighted by Gasteiger charge is 2.31. The fraction of sp³-hybridized carbons (Fsp3) is 0.933. The van der Waals surface area contributed by atoms with Crippen molar-refractivity contribution in [2.75, 3.05) is 11.5 Å². The summed E-state index contributed by atoms with van der Waals surface area (Å²) in [5, 5.41) is 6.38. The van der Waals surface area contributed by atoms with Crippen LogP contribution in [0.25, 0.3) is 0 Å². The molecule has 7 heteroatoms. The van der Waals surface area contributed by atoms with Crippen molar-refractivity contribution in [1.29, 1.82) is 0 Å². The summed E-state index contributed by atoms with van der Waals surface area (Å²) < 4.78 is 28.3. The van der Waals surface area contributed by atoms with Gasteiger partial charge in [0.25, 0.3) is 0 Å². The van der Waals surface area contributed by atoms with Gasteiger partial charge in [0, 0.05) is 18.1 Å². The third-order valence-electron chi connectivity index (χ3n) is 4.10. The van der Waals surface area contributed by atoms with Crippen LogP contribution in [0.5, 0.6) is 0 Å². The van der Waals surface area contributed by atoms with Crippen LogP contribution in [-0.2, 0) is 14.6 Å². The fourth-order valence-electron chi connectivity index (χ4n) is 3.21. The van der Waals surface area contributed by atoms with E-state index < -0.39 is 15.4 Å². The SMILES string of the molecule is CC(C)(C)OC(=O)NC1CCCC(NC2CCS(=O)(=O)C2)C1. The number of carbonyl (C=O) groups is 1. The normalized spacial score (nSPS) is 31.7. The molecule has 2 rings (SSSR count). The summed E-state index contributed by atoms with van der Waals surface area (Å²) in [5.41, 5.74) is -0.491. The summed E-state index contributed by atoms with van der Waals surface area (Å²) in [4.78, 5) is 11.8. The van der Waals surface area contributed by atoms with Gasteiger partial charge < -0.3 is 15.4 Å². The van der Waals surface area contributed by atoms with Gasteiger partial charge in [-0.3, -0.25) is 0 Å². The third kappa shape index (κ3) is 5.76. The van der Waals surface area contributed by atoms with Crippen LogP contribution in [0.2, 0.25) is 0 Å². The van der Waals surface area contributed by atoms with Crippen LogP contribution in [-0.4, -0.2) is 49.7 Å². The molecule has 0 aromatic rings. The van der Waals surface area contributed by atoms with Gasteiger partial charge >= 0.3 is 6.09 Å². The fourth-order valence-corrected chi connectivity index (χ4v) is 4.89. The van der Waals surface area contributed by atoms with E-state index in [9.17, 15) is 13.2 Å². The molecule has 22 heavy (non-hydrogen) atoms. The smallest absolute Gasteiger partial charge is 0.407 e. The van der Waals surface area contributed by atoms with Crippen molar-refractivity contribution < 1.29 is 17.9 Å². The summed E-state index contributed by atoms with van der Waals surface area (Å²) in [7, 11) is -2.85. The number of hydrogen-bond acceptors (Lipinski definition) is 5. The minimum absolute atomic E-state index is 0.0651. The van der Waals surface area contributed by atoms with Crippen molar-refractivity contribution in [3.63, 3.8) is 0 Å². The molecule has 1 aliphatic carbocycles. The summed E-state index contributed by atoms with van der Waals surface area (Å²) in [6.45, 7) is 5.54. The Morgan fingerprint density at radius 1 is 1.09 bits per heavy atom. The van der Waals surface area contributed by atoms with Crippen molar-refractivity contribution in [2.24, 2.45) is 0 Å². The molecule has 0 spiro atoms. The van der Waals surface area contributed by atoms with Gasteiger partial charge in [0.2, 0.25) is 0 Å². The van der Waals surface area contributed by atoms with E-state index in [1.165, 1.54) is 0 Å². The number of nitrogens with one attached hydrogen (secondary N) is 2. The van der Waals surface area contributed by atoms with E-state index >= 15 is 0 Å². The summed E-state index contributed by atoms with van der Waals surface area (Å²) >= 11 is 0. The number of carbonyl (C=O) groups excluding carboxylic acids is 1. The number of ether oxygens (including phenoxy) is 1.